The Bertz CT molecular complexity index is 289. The molecule has 1 aromatic rings. The number of halogens is 2. The molecule has 0 spiro atoms. The second kappa shape index (κ2) is 4.70. The highest BCUT2D eigenvalue weighted by Gasteiger charge is 2.04. The molecule has 0 unspecified atom stereocenters. The second-order valence-electron chi connectivity index (χ2n) is 2.81. The number of hydrogen-bond acceptors (Lipinski definition) is 2. The molecule has 0 aromatic heterocycles. The normalized spacial score (nSPS) is 10.2. The van der Waals surface area contributed by atoms with Crippen LogP contribution in [0.5, 0.6) is 0 Å². The predicted octanol–water partition coefficient (Wildman–Crippen LogP) is 2.39. The van der Waals surface area contributed by atoms with Crippen LogP contribution in [0.4, 0.5) is 5.69 Å². The average molecular weight is 219 g/mol. The van der Waals surface area contributed by atoms with Gasteiger partial charge in [0.15, 0.2) is 0 Å². The van der Waals surface area contributed by atoms with Crippen LogP contribution in [0.1, 0.15) is 0 Å². The molecule has 0 saturated heterocycles. The topological polar surface area (TPSA) is 29.3 Å². The Labute approximate surface area is 88.2 Å². The zero-order valence-corrected chi connectivity index (χ0v) is 8.94. The molecule has 0 aliphatic carbocycles. The Morgan fingerprint density at radius 2 is 2.08 bits per heavy atom. The van der Waals surface area contributed by atoms with Crippen LogP contribution < -0.4 is 10.6 Å². The number of benzene rings is 1. The minimum absolute atomic E-state index is 0.607. The summed E-state index contributed by atoms with van der Waals surface area (Å²) in [4.78, 5) is 2.00. The summed E-state index contributed by atoms with van der Waals surface area (Å²) in [5.74, 6) is 0. The summed E-state index contributed by atoms with van der Waals surface area (Å²) in [5.41, 5.74) is 6.39. The Morgan fingerprint density at radius 3 is 2.62 bits per heavy atom. The van der Waals surface area contributed by atoms with Crippen LogP contribution >= 0.6 is 23.2 Å². The lowest BCUT2D eigenvalue weighted by molar-refractivity contribution is 0.886. The molecule has 0 bridgehead atoms. The quantitative estimate of drug-likeness (QED) is 0.845. The maximum Gasteiger partial charge on any atom is 0.0654 e. The molecule has 1 aromatic carbocycles. The Morgan fingerprint density at radius 1 is 1.38 bits per heavy atom. The van der Waals surface area contributed by atoms with Gasteiger partial charge in [-0.3, -0.25) is 0 Å². The van der Waals surface area contributed by atoms with Crippen molar-refractivity contribution in [2.45, 2.75) is 0 Å². The number of hydrogen-bond donors (Lipinski definition) is 1. The first-order valence-electron chi connectivity index (χ1n) is 4.01. The van der Waals surface area contributed by atoms with E-state index < -0.39 is 0 Å². The fourth-order valence-corrected chi connectivity index (χ4v) is 1.66. The minimum atomic E-state index is 0.607. The predicted molar refractivity (Wildman–Crippen MR) is 58.8 cm³/mol. The largest absolute Gasteiger partial charge is 0.372 e. The van der Waals surface area contributed by atoms with E-state index in [0.29, 0.717) is 16.6 Å². The van der Waals surface area contributed by atoms with Crippen LogP contribution in [0.3, 0.4) is 0 Å². The van der Waals surface area contributed by atoms with Crippen LogP contribution in [-0.2, 0) is 0 Å². The van der Waals surface area contributed by atoms with Gasteiger partial charge >= 0.3 is 0 Å². The number of anilines is 1. The molecule has 72 valence electrons. The van der Waals surface area contributed by atoms with Crippen molar-refractivity contribution in [3.8, 4) is 0 Å². The van der Waals surface area contributed by atoms with Gasteiger partial charge in [0, 0.05) is 25.2 Å². The van der Waals surface area contributed by atoms with Crippen LogP contribution in [-0.4, -0.2) is 20.1 Å². The molecule has 0 fully saturated rings. The van der Waals surface area contributed by atoms with Crippen molar-refractivity contribution in [2.24, 2.45) is 5.73 Å². The van der Waals surface area contributed by atoms with Crippen LogP contribution in [0, 0.1) is 0 Å². The molecule has 0 aliphatic heterocycles. The average Bonchev–Trinajstić information content (AvgIpc) is 2.04. The summed E-state index contributed by atoms with van der Waals surface area (Å²) in [7, 11) is 1.95. The molecule has 2 N–H and O–H groups in total. The van der Waals surface area contributed by atoms with Gasteiger partial charge in [-0.15, -0.1) is 0 Å². The van der Waals surface area contributed by atoms with E-state index in [1.165, 1.54) is 0 Å². The zero-order valence-electron chi connectivity index (χ0n) is 7.43. The maximum atomic E-state index is 5.99. The number of nitrogens with two attached hydrogens (primary N) is 1. The van der Waals surface area contributed by atoms with Gasteiger partial charge in [0.1, 0.15) is 0 Å². The van der Waals surface area contributed by atoms with E-state index in [0.717, 1.165) is 12.2 Å². The third-order valence-corrected chi connectivity index (χ3v) is 2.32. The molecule has 0 amide bonds. The Kier molecular flexibility index (Phi) is 3.85. The molecule has 0 atom stereocenters. The number of nitrogens with zero attached hydrogens (tertiary/aromatic N) is 1. The number of rotatable bonds is 3. The van der Waals surface area contributed by atoms with Gasteiger partial charge in [-0.2, -0.15) is 0 Å². The summed E-state index contributed by atoms with van der Waals surface area (Å²) in [6.45, 7) is 1.39. The second-order valence-corrected chi connectivity index (χ2v) is 3.65. The molecule has 0 aliphatic rings. The van der Waals surface area contributed by atoms with Crippen LogP contribution in [0.2, 0.25) is 10.0 Å². The lowest BCUT2D eigenvalue weighted by Gasteiger charge is -2.19. The van der Waals surface area contributed by atoms with E-state index >= 15 is 0 Å². The van der Waals surface area contributed by atoms with Gasteiger partial charge in [-0.25, -0.2) is 0 Å². The van der Waals surface area contributed by atoms with E-state index in [-0.39, 0.29) is 0 Å². The van der Waals surface area contributed by atoms with E-state index in [1.54, 1.807) is 6.07 Å². The van der Waals surface area contributed by atoms with Gasteiger partial charge in [-0.05, 0) is 18.2 Å². The maximum absolute atomic E-state index is 5.99. The summed E-state index contributed by atoms with van der Waals surface area (Å²) < 4.78 is 0. The molecule has 1 rings (SSSR count). The van der Waals surface area contributed by atoms with E-state index in [2.05, 4.69) is 0 Å². The van der Waals surface area contributed by atoms with Crippen LogP contribution in [0.15, 0.2) is 18.2 Å². The summed E-state index contributed by atoms with van der Waals surface area (Å²) in [6, 6.07) is 5.43. The standard InChI is InChI=1S/C9H12Cl2N2/c1-13(5-4-12)9-3-2-7(10)6-8(9)11/h2-3,6H,4-5,12H2,1H3. The molecule has 0 heterocycles. The first kappa shape index (κ1) is 10.6. The third kappa shape index (κ3) is 2.76. The van der Waals surface area contributed by atoms with Crippen LogP contribution in [0.25, 0.3) is 0 Å². The molecule has 4 heteroatoms. The molecule has 0 radical (unpaired) electrons. The molecule has 2 nitrogen and oxygen atoms in total. The smallest absolute Gasteiger partial charge is 0.0654 e. The first-order chi connectivity index (χ1) is 6.15. The van der Waals surface area contributed by atoms with Crippen molar-refractivity contribution < 1.29 is 0 Å². The molecule has 0 saturated carbocycles. The Balaban J connectivity index is 2.88. The van der Waals surface area contributed by atoms with Crippen molar-refractivity contribution >= 4 is 28.9 Å². The van der Waals surface area contributed by atoms with Crippen molar-refractivity contribution in [1.82, 2.24) is 0 Å². The van der Waals surface area contributed by atoms with E-state index in [4.69, 9.17) is 28.9 Å². The van der Waals surface area contributed by atoms with Gasteiger partial charge in [0.2, 0.25) is 0 Å². The van der Waals surface area contributed by atoms with Gasteiger partial charge in [-0.1, -0.05) is 23.2 Å². The van der Waals surface area contributed by atoms with Crippen molar-refractivity contribution in [3.05, 3.63) is 28.2 Å². The van der Waals surface area contributed by atoms with E-state index in [1.807, 2.05) is 24.1 Å². The van der Waals surface area contributed by atoms with Gasteiger partial charge in [0.25, 0.3) is 0 Å². The molecule has 13 heavy (non-hydrogen) atoms. The highest BCUT2D eigenvalue weighted by atomic mass is 35.5. The van der Waals surface area contributed by atoms with Crippen molar-refractivity contribution in [1.29, 1.82) is 0 Å². The molecular formula is C9H12Cl2N2. The fourth-order valence-electron chi connectivity index (χ4n) is 1.10. The lowest BCUT2D eigenvalue weighted by Crippen LogP contribution is -2.25. The monoisotopic (exact) mass is 218 g/mol. The zero-order chi connectivity index (χ0) is 9.84. The fraction of sp³-hybridized carbons (Fsp3) is 0.333. The van der Waals surface area contributed by atoms with Crippen molar-refractivity contribution in [2.75, 3.05) is 25.0 Å². The summed E-state index contributed by atoms with van der Waals surface area (Å²) in [6.07, 6.45) is 0. The number of likely N-dealkylation sites (N-methyl/N-ethyl adjacent to an activating group) is 1. The third-order valence-electron chi connectivity index (χ3n) is 1.79. The van der Waals surface area contributed by atoms with Crippen molar-refractivity contribution in [3.63, 3.8) is 0 Å². The highest BCUT2D eigenvalue weighted by molar-refractivity contribution is 6.36. The lowest BCUT2D eigenvalue weighted by atomic mass is 10.3. The summed E-state index contributed by atoms with van der Waals surface area (Å²) >= 11 is 11.8. The highest BCUT2D eigenvalue weighted by Crippen LogP contribution is 2.27. The molecular weight excluding hydrogens is 207 g/mol. The Hall–Kier alpha value is -0.440. The van der Waals surface area contributed by atoms with Gasteiger partial charge < -0.3 is 10.6 Å². The van der Waals surface area contributed by atoms with E-state index in [9.17, 15) is 0 Å². The first-order valence-corrected chi connectivity index (χ1v) is 4.77. The summed E-state index contributed by atoms with van der Waals surface area (Å²) in [5, 5.41) is 1.30. The SMILES string of the molecule is CN(CCN)c1ccc(Cl)cc1Cl. The minimum Gasteiger partial charge on any atom is -0.372 e. The van der Waals surface area contributed by atoms with Gasteiger partial charge in [0.05, 0.1) is 10.7 Å².